The van der Waals surface area contributed by atoms with E-state index in [0.29, 0.717) is 16.7 Å². The summed E-state index contributed by atoms with van der Waals surface area (Å²) in [5.74, 6) is -4.43. The molecule has 0 heterocycles. The van der Waals surface area contributed by atoms with Crippen molar-refractivity contribution >= 4 is 0 Å². The number of aryl methyl sites for hydroxylation is 1. The predicted molar refractivity (Wildman–Crippen MR) is 128 cm³/mol. The van der Waals surface area contributed by atoms with Crippen molar-refractivity contribution in [2.75, 3.05) is 6.61 Å². The molecule has 0 saturated heterocycles. The number of rotatable bonds is 8. The second-order valence-electron chi connectivity index (χ2n) is 7.95. The fourth-order valence-electron chi connectivity index (χ4n) is 3.75. The summed E-state index contributed by atoms with van der Waals surface area (Å²) in [6, 6.07) is 19.5. The largest absolute Gasteiger partial charge is 0.491 e. The first-order valence-electron chi connectivity index (χ1n) is 11.3. The molecular formula is C29H24F4O2. The molecule has 180 valence electrons. The first-order chi connectivity index (χ1) is 16.9. The lowest BCUT2D eigenvalue weighted by Crippen LogP contribution is -2.01. The van der Waals surface area contributed by atoms with Gasteiger partial charge in [-0.05, 0) is 59.9 Å². The van der Waals surface area contributed by atoms with Crippen LogP contribution in [0.2, 0.25) is 0 Å². The van der Waals surface area contributed by atoms with E-state index in [2.05, 4.69) is 0 Å². The topological polar surface area (TPSA) is 18.5 Å². The van der Waals surface area contributed by atoms with Crippen molar-refractivity contribution in [3.8, 4) is 33.8 Å². The molecule has 0 aliphatic carbocycles. The fraction of sp³-hybridized carbons (Fsp3) is 0.172. The molecule has 4 aromatic rings. The van der Waals surface area contributed by atoms with Crippen LogP contribution in [0.3, 0.4) is 0 Å². The quantitative estimate of drug-likeness (QED) is 0.237. The van der Waals surface area contributed by atoms with Gasteiger partial charge in [0.15, 0.2) is 23.1 Å². The summed E-state index contributed by atoms with van der Waals surface area (Å²) in [5, 5.41) is 0. The van der Waals surface area contributed by atoms with Crippen molar-refractivity contribution < 1.29 is 27.0 Å². The number of halogens is 4. The summed E-state index contributed by atoms with van der Waals surface area (Å²) >= 11 is 0. The fourth-order valence-corrected chi connectivity index (χ4v) is 3.75. The molecule has 0 radical (unpaired) electrons. The molecule has 0 aliphatic rings. The minimum absolute atomic E-state index is 0.0265. The van der Waals surface area contributed by atoms with E-state index in [-0.39, 0.29) is 35.8 Å². The molecule has 0 fully saturated rings. The molecule has 0 atom stereocenters. The Kier molecular flexibility index (Phi) is 7.39. The first kappa shape index (κ1) is 24.3. The van der Waals surface area contributed by atoms with Crippen LogP contribution in [0, 0.1) is 23.3 Å². The molecule has 0 aliphatic heterocycles. The lowest BCUT2D eigenvalue weighted by Gasteiger charge is -2.12. The average molecular weight is 481 g/mol. The maximum atomic E-state index is 14.7. The lowest BCUT2D eigenvalue weighted by molar-refractivity contribution is 0.285. The van der Waals surface area contributed by atoms with Gasteiger partial charge in [0, 0.05) is 11.1 Å². The highest BCUT2D eigenvalue weighted by Crippen LogP contribution is 2.32. The second kappa shape index (κ2) is 10.6. The standard InChI is InChI=1S/C29H24F4O2/c1-3-18-5-9-20(10-6-18)23-14-16-25(29(33)27(23)31)35-17-19-7-11-21(12-8-19)22-13-15-24(34-4-2)28(32)26(22)30/h5-16H,3-4,17H2,1-2H3. The van der Waals surface area contributed by atoms with Gasteiger partial charge < -0.3 is 9.47 Å². The third-order valence-electron chi connectivity index (χ3n) is 5.73. The van der Waals surface area contributed by atoms with Crippen LogP contribution < -0.4 is 9.47 Å². The molecule has 0 unspecified atom stereocenters. The number of hydrogen-bond acceptors (Lipinski definition) is 2. The van der Waals surface area contributed by atoms with E-state index in [1.165, 1.54) is 24.3 Å². The Bertz CT molecular complexity index is 1320. The molecule has 2 nitrogen and oxygen atoms in total. The Labute approximate surface area is 201 Å². The Morgan fingerprint density at radius 1 is 0.514 bits per heavy atom. The monoisotopic (exact) mass is 480 g/mol. The molecule has 0 aromatic heterocycles. The molecule has 0 bridgehead atoms. The minimum Gasteiger partial charge on any atom is -0.491 e. The maximum Gasteiger partial charge on any atom is 0.201 e. The van der Waals surface area contributed by atoms with Gasteiger partial charge in [-0.2, -0.15) is 8.78 Å². The zero-order chi connectivity index (χ0) is 24.9. The van der Waals surface area contributed by atoms with Gasteiger partial charge in [-0.1, -0.05) is 55.5 Å². The normalized spacial score (nSPS) is 10.9. The van der Waals surface area contributed by atoms with Crippen molar-refractivity contribution in [1.82, 2.24) is 0 Å². The molecule has 0 saturated carbocycles. The van der Waals surface area contributed by atoms with Crippen molar-refractivity contribution in [3.05, 3.63) is 107 Å². The molecule has 6 heteroatoms. The van der Waals surface area contributed by atoms with E-state index in [0.717, 1.165) is 12.0 Å². The third kappa shape index (κ3) is 5.16. The van der Waals surface area contributed by atoms with Gasteiger partial charge in [0.25, 0.3) is 0 Å². The SMILES string of the molecule is CCOc1ccc(-c2ccc(COc3ccc(-c4ccc(CC)cc4)c(F)c3F)cc2)c(F)c1F. The zero-order valence-corrected chi connectivity index (χ0v) is 19.4. The Morgan fingerprint density at radius 3 is 1.43 bits per heavy atom. The van der Waals surface area contributed by atoms with Crippen LogP contribution in [0.4, 0.5) is 17.6 Å². The summed E-state index contributed by atoms with van der Waals surface area (Å²) in [5.41, 5.74) is 3.05. The molecule has 35 heavy (non-hydrogen) atoms. The van der Waals surface area contributed by atoms with Crippen molar-refractivity contribution in [3.63, 3.8) is 0 Å². The lowest BCUT2D eigenvalue weighted by atomic mass is 10.0. The van der Waals surface area contributed by atoms with Crippen molar-refractivity contribution in [2.45, 2.75) is 26.9 Å². The van der Waals surface area contributed by atoms with E-state index in [1.54, 1.807) is 43.3 Å². The van der Waals surface area contributed by atoms with Crippen LogP contribution >= 0.6 is 0 Å². The van der Waals surface area contributed by atoms with Crippen molar-refractivity contribution in [1.29, 1.82) is 0 Å². The molecular weight excluding hydrogens is 456 g/mol. The Morgan fingerprint density at radius 2 is 0.971 bits per heavy atom. The van der Waals surface area contributed by atoms with Gasteiger partial charge in [-0.25, -0.2) is 8.78 Å². The van der Waals surface area contributed by atoms with Crippen LogP contribution in [0.5, 0.6) is 11.5 Å². The highest BCUT2D eigenvalue weighted by molar-refractivity contribution is 5.66. The maximum absolute atomic E-state index is 14.7. The van der Waals surface area contributed by atoms with Crippen LogP contribution in [-0.2, 0) is 13.0 Å². The summed E-state index contributed by atoms with van der Waals surface area (Å²) in [7, 11) is 0. The Hall–Kier alpha value is -3.80. The van der Waals surface area contributed by atoms with Gasteiger partial charge in [-0.3, -0.25) is 0 Å². The van der Waals surface area contributed by atoms with Crippen LogP contribution in [0.1, 0.15) is 25.0 Å². The van der Waals surface area contributed by atoms with Crippen LogP contribution in [0.25, 0.3) is 22.3 Å². The van der Waals surface area contributed by atoms with Gasteiger partial charge in [0.05, 0.1) is 6.61 Å². The molecule has 0 N–H and O–H groups in total. The minimum atomic E-state index is -1.06. The molecule has 4 rings (SSSR count). The van der Waals surface area contributed by atoms with Crippen LogP contribution in [0.15, 0.2) is 72.8 Å². The third-order valence-corrected chi connectivity index (χ3v) is 5.73. The van der Waals surface area contributed by atoms with Crippen LogP contribution in [-0.4, -0.2) is 6.61 Å². The van der Waals surface area contributed by atoms with Gasteiger partial charge >= 0.3 is 0 Å². The number of hydrogen-bond donors (Lipinski definition) is 0. The smallest absolute Gasteiger partial charge is 0.201 e. The highest BCUT2D eigenvalue weighted by Gasteiger charge is 2.17. The molecule has 0 amide bonds. The Balaban J connectivity index is 1.47. The second-order valence-corrected chi connectivity index (χ2v) is 7.95. The highest BCUT2D eigenvalue weighted by atomic mass is 19.2. The van der Waals surface area contributed by atoms with E-state index in [1.807, 2.05) is 19.1 Å². The summed E-state index contributed by atoms with van der Waals surface area (Å²) in [6.07, 6.45) is 0.858. The number of benzene rings is 4. The number of ether oxygens (including phenoxy) is 2. The van der Waals surface area contributed by atoms with E-state index in [9.17, 15) is 17.6 Å². The predicted octanol–water partition coefficient (Wildman–Crippen LogP) is 8.12. The summed E-state index contributed by atoms with van der Waals surface area (Å²) in [6.45, 7) is 3.91. The van der Waals surface area contributed by atoms with Gasteiger partial charge in [0.2, 0.25) is 11.6 Å². The summed E-state index contributed by atoms with van der Waals surface area (Å²) in [4.78, 5) is 0. The molecule has 0 spiro atoms. The van der Waals surface area contributed by atoms with E-state index in [4.69, 9.17) is 9.47 Å². The van der Waals surface area contributed by atoms with Crippen molar-refractivity contribution in [2.24, 2.45) is 0 Å². The summed E-state index contributed by atoms with van der Waals surface area (Å²) < 4.78 is 68.6. The van der Waals surface area contributed by atoms with Gasteiger partial charge in [-0.15, -0.1) is 0 Å². The van der Waals surface area contributed by atoms with Gasteiger partial charge in [0.1, 0.15) is 6.61 Å². The zero-order valence-electron chi connectivity index (χ0n) is 19.4. The van der Waals surface area contributed by atoms with E-state index < -0.39 is 23.3 Å². The first-order valence-corrected chi connectivity index (χ1v) is 11.3. The average Bonchev–Trinajstić information content (AvgIpc) is 2.88. The molecule has 4 aromatic carbocycles. The van der Waals surface area contributed by atoms with E-state index >= 15 is 0 Å².